The Morgan fingerprint density at radius 2 is 2.33 bits per heavy atom. The number of rotatable bonds is 4. The van der Waals surface area contributed by atoms with Gasteiger partial charge in [0.2, 0.25) is 0 Å². The molecule has 0 saturated heterocycles. The van der Waals surface area contributed by atoms with Crippen molar-refractivity contribution >= 4 is 22.9 Å². The molecule has 4 heteroatoms. The van der Waals surface area contributed by atoms with Crippen molar-refractivity contribution in [1.82, 2.24) is 0 Å². The highest BCUT2D eigenvalue weighted by molar-refractivity contribution is 6.19. The predicted octanol–water partition coefficient (Wildman–Crippen LogP) is 3.63. The molecular formula is C11H12ClNO2. The van der Waals surface area contributed by atoms with Crippen LogP contribution in [0.3, 0.4) is 0 Å². The van der Waals surface area contributed by atoms with E-state index in [1.165, 1.54) is 6.07 Å². The normalized spacial score (nSPS) is 11.5. The Hall–Kier alpha value is -1.35. The van der Waals surface area contributed by atoms with Gasteiger partial charge in [0.05, 0.1) is 4.92 Å². The summed E-state index contributed by atoms with van der Waals surface area (Å²) in [5.41, 5.74) is 2.02. The number of hydrogen-bond donors (Lipinski definition) is 0. The molecule has 0 fully saturated rings. The number of non-ortho nitro benzene ring substituents is 1. The lowest BCUT2D eigenvalue weighted by molar-refractivity contribution is -0.384. The van der Waals surface area contributed by atoms with Crippen LogP contribution in [0, 0.1) is 10.1 Å². The number of nitro groups is 1. The van der Waals surface area contributed by atoms with E-state index < -0.39 is 4.92 Å². The predicted molar refractivity (Wildman–Crippen MR) is 62.1 cm³/mol. The van der Waals surface area contributed by atoms with Gasteiger partial charge in [-0.3, -0.25) is 10.1 Å². The number of allylic oxidation sites excluding steroid dienone is 2. The minimum absolute atomic E-state index is 0.112. The molecule has 0 aromatic heterocycles. The topological polar surface area (TPSA) is 43.1 Å². The Kier molecular flexibility index (Phi) is 4.31. The highest BCUT2D eigenvalue weighted by Crippen LogP contribution is 2.22. The lowest BCUT2D eigenvalue weighted by atomic mass is 10.0. The minimum Gasteiger partial charge on any atom is -0.258 e. The Bertz CT molecular complexity index is 388. The molecule has 1 aromatic carbocycles. The fraction of sp³-hybridized carbons (Fsp3) is 0.273. The van der Waals surface area contributed by atoms with Crippen molar-refractivity contribution in [3.05, 3.63) is 46.0 Å². The van der Waals surface area contributed by atoms with Crippen LogP contribution in [0.1, 0.15) is 18.9 Å². The molecule has 0 bridgehead atoms. The molecule has 0 amide bonds. The molecule has 1 aromatic rings. The Labute approximate surface area is 93.5 Å². The summed E-state index contributed by atoms with van der Waals surface area (Å²) in [6, 6.07) is 6.60. The second-order valence-electron chi connectivity index (χ2n) is 3.04. The van der Waals surface area contributed by atoms with Crippen LogP contribution in [-0.4, -0.2) is 10.8 Å². The van der Waals surface area contributed by atoms with E-state index in [1.807, 2.05) is 19.1 Å². The standard InChI is InChI=1S/C11H12ClNO2/c1-2-9(6-7-12)10-4-3-5-11(8-10)13(14)15/h3-6,8H,2,7H2,1H3. The summed E-state index contributed by atoms with van der Waals surface area (Å²) in [6.07, 6.45) is 2.69. The fourth-order valence-electron chi connectivity index (χ4n) is 1.38. The zero-order valence-electron chi connectivity index (χ0n) is 8.44. The molecule has 0 aliphatic rings. The van der Waals surface area contributed by atoms with Gasteiger partial charge in [-0.05, 0) is 17.6 Å². The van der Waals surface area contributed by atoms with Gasteiger partial charge in [-0.15, -0.1) is 11.6 Å². The first kappa shape index (κ1) is 11.7. The van der Waals surface area contributed by atoms with Crippen LogP contribution in [0.15, 0.2) is 30.3 Å². The quantitative estimate of drug-likeness (QED) is 0.446. The van der Waals surface area contributed by atoms with Crippen molar-refractivity contribution in [3.8, 4) is 0 Å². The number of nitrogens with zero attached hydrogens (tertiary/aromatic N) is 1. The summed E-state index contributed by atoms with van der Waals surface area (Å²) in [6.45, 7) is 2.00. The smallest absolute Gasteiger partial charge is 0.258 e. The molecule has 0 heterocycles. The Balaban J connectivity index is 3.08. The van der Waals surface area contributed by atoms with E-state index in [1.54, 1.807) is 12.1 Å². The van der Waals surface area contributed by atoms with Crippen molar-refractivity contribution in [2.45, 2.75) is 13.3 Å². The van der Waals surface area contributed by atoms with E-state index in [-0.39, 0.29) is 5.69 Å². The molecular weight excluding hydrogens is 214 g/mol. The summed E-state index contributed by atoms with van der Waals surface area (Å²) >= 11 is 5.62. The van der Waals surface area contributed by atoms with Gasteiger partial charge in [0.25, 0.3) is 5.69 Å². The van der Waals surface area contributed by atoms with Crippen LogP contribution in [0.4, 0.5) is 5.69 Å². The maximum atomic E-state index is 10.6. The van der Waals surface area contributed by atoms with Gasteiger partial charge in [-0.2, -0.15) is 0 Å². The zero-order chi connectivity index (χ0) is 11.3. The van der Waals surface area contributed by atoms with Crippen molar-refractivity contribution < 1.29 is 4.92 Å². The molecule has 0 saturated carbocycles. The fourth-order valence-corrected chi connectivity index (χ4v) is 1.56. The molecule has 80 valence electrons. The Morgan fingerprint density at radius 3 is 2.87 bits per heavy atom. The third kappa shape index (κ3) is 3.06. The summed E-state index contributed by atoms with van der Waals surface area (Å²) in [5, 5.41) is 10.6. The second kappa shape index (κ2) is 5.51. The lowest BCUT2D eigenvalue weighted by Gasteiger charge is -2.03. The summed E-state index contributed by atoms with van der Waals surface area (Å²) in [7, 11) is 0. The van der Waals surface area contributed by atoms with Crippen LogP contribution in [0.5, 0.6) is 0 Å². The largest absolute Gasteiger partial charge is 0.270 e. The van der Waals surface area contributed by atoms with Crippen LogP contribution in [0.25, 0.3) is 5.57 Å². The van der Waals surface area contributed by atoms with Crippen LogP contribution >= 0.6 is 11.6 Å². The zero-order valence-corrected chi connectivity index (χ0v) is 9.20. The van der Waals surface area contributed by atoms with Gasteiger partial charge < -0.3 is 0 Å². The van der Waals surface area contributed by atoms with E-state index in [4.69, 9.17) is 11.6 Å². The number of nitro benzene ring substituents is 1. The number of benzene rings is 1. The summed E-state index contributed by atoms with van der Waals surface area (Å²) in [5.74, 6) is 0.422. The minimum atomic E-state index is -0.391. The van der Waals surface area contributed by atoms with Gasteiger partial charge in [-0.1, -0.05) is 25.1 Å². The van der Waals surface area contributed by atoms with Crippen molar-refractivity contribution in [3.63, 3.8) is 0 Å². The number of halogens is 1. The monoisotopic (exact) mass is 225 g/mol. The molecule has 3 nitrogen and oxygen atoms in total. The van der Waals surface area contributed by atoms with Crippen LogP contribution in [0.2, 0.25) is 0 Å². The maximum absolute atomic E-state index is 10.6. The molecule has 0 unspecified atom stereocenters. The molecule has 0 atom stereocenters. The third-order valence-electron chi connectivity index (χ3n) is 2.13. The highest BCUT2D eigenvalue weighted by Gasteiger charge is 2.07. The summed E-state index contributed by atoms with van der Waals surface area (Å²) in [4.78, 5) is 10.2. The molecule has 0 radical (unpaired) electrons. The third-order valence-corrected chi connectivity index (χ3v) is 2.29. The van der Waals surface area contributed by atoms with E-state index in [0.717, 1.165) is 17.6 Å². The summed E-state index contributed by atoms with van der Waals surface area (Å²) < 4.78 is 0. The highest BCUT2D eigenvalue weighted by atomic mass is 35.5. The SMILES string of the molecule is CCC(=CCCl)c1cccc([N+](=O)[O-])c1. The number of hydrogen-bond acceptors (Lipinski definition) is 2. The molecule has 0 aliphatic heterocycles. The van der Waals surface area contributed by atoms with Gasteiger partial charge in [-0.25, -0.2) is 0 Å². The first-order valence-corrected chi connectivity index (χ1v) is 5.22. The molecule has 0 aliphatic carbocycles. The van der Waals surface area contributed by atoms with Gasteiger partial charge >= 0.3 is 0 Å². The molecule has 15 heavy (non-hydrogen) atoms. The number of alkyl halides is 1. The molecule has 0 N–H and O–H groups in total. The first-order valence-electron chi connectivity index (χ1n) is 4.68. The van der Waals surface area contributed by atoms with E-state index >= 15 is 0 Å². The van der Waals surface area contributed by atoms with Crippen LogP contribution in [-0.2, 0) is 0 Å². The Morgan fingerprint density at radius 1 is 1.60 bits per heavy atom. The second-order valence-corrected chi connectivity index (χ2v) is 3.35. The van der Waals surface area contributed by atoms with Crippen molar-refractivity contribution in [1.29, 1.82) is 0 Å². The average Bonchev–Trinajstić information content (AvgIpc) is 2.26. The van der Waals surface area contributed by atoms with E-state index in [0.29, 0.717) is 5.88 Å². The van der Waals surface area contributed by atoms with E-state index in [9.17, 15) is 10.1 Å². The van der Waals surface area contributed by atoms with Crippen molar-refractivity contribution in [2.75, 3.05) is 5.88 Å². The lowest BCUT2D eigenvalue weighted by Crippen LogP contribution is -1.90. The molecule has 0 spiro atoms. The molecule has 1 rings (SSSR count). The van der Waals surface area contributed by atoms with Crippen LogP contribution < -0.4 is 0 Å². The van der Waals surface area contributed by atoms with Crippen molar-refractivity contribution in [2.24, 2.45) is 0 Å². The first-order chi connectivity index (χ1) is 7.19. The van der Waals surface area contributed by atoms with Gasteiger partial charge in [0.1, 0.15) is 0 Å². The van der Waals surface area contributed by atoms with E-state index in [2.05, 4.69) is 0 Å². The maximum Gasteiger partial charge on any atom is 0.270 e. The van der Waals surface area contributed by atoms with Gasteiger partial charge in [0.15, 0.2) is 0 Å². The average molecular weight is 226 g/mol. The van der Waals surface area contributed by atoms with Gasteiger partial charge in [0, 0.05) is 18.0 Å².